The van der Waals surface area contributed by atoms with E-state index >= 15 is 0 Å². The number of hydrogen-bond acceptors (Lipinski definition) is 1. The maximum atomic E-state index is 10.4. The van der Waals surface area contributed by atoms with Crippen LogP contribution in [0.25, 0.3) is 0 Å². The predicted octanol–water partition coefficient (Wildman–Crippen LogP) is 6.06. The first-order valence-corrected chi connectivity index (χ1v) is 8.92. The number of hydrogen-bond donors (Lipinski definition) is 1. The van der Waals surface area contributed by atoms with Crippen LogP contribution in [0.1, 0.15) is 82.9 Å². The SMILES string of the molecule is CCCCc1cc(CC)c(O)c(CCCCCC(C)C)c1. The van der Waals surface area contributed by atoms with Crippen LogP contribution in [0.5, 0.6) is 5.75 Å². The maximum absolute atomic E-state index is 10.4. The van der Waals surface area contributed by atoms with Crippen LogP contribution in [0.15, 0.2) is 12.1 Å². The molecule has 0 aliphatic heterocycles. The Morgan fingerprint density at radius 3 is 2.24 bits per heavy atom. The molecule has 0 unspecified atom stereocenters. The molecule has 0 radical (unpaired) electrons. The third kappa shape index (κ3) is 6.54. The van der Waals surface area contributed by atoms with Gasteiger partial charge in [0.05, 0.1) is 0 Å². The minimum Gasteiger partial charge on any atom is -0.507 e. The molecule has 0 aromatic heterocycles. The number of phenols is 1. The van der Waals surface area contributed by atoms with Crippen LogP contribution >= 0.6 is 0 Å². The summed E-state index contributed by atoms with van der Waals surface area (Å²) >= 11 is 0. The summed E-state index contributed by atoms with van der Waals surface area (Å²) in [4.78, 5) is 0. The first kappa shape index (κ1) is 18.1. The number of rotatable bonds is 10. The molecule has 0 aliphatic carbocycles. The van der Waals surface area contributed by atoms with Gasteiger partial charge in [-0.1, -0.05) is 65.5 Å². The lowest BCUT2D eigenvalue weighted by molar-refractivity contribution is 0.458. The van der Waals surface area contributed by atoms with E-state index in [-0.39, 0.29) is 0 Å². The van der Waals surface area contributed by atoms with Gasteiger partial charge in [-0.2, -0.15) is 0 Å². The average Bonchev–Trinajstić information content (AvgIpc) is 2.46. The summed E-state index contributed by atoms with van der Waals surface area (Å²) in [7, 11) is 0. The van der Waals surface area contributed by atoms with E-state index in [2.05, 4.69) is 39.8 Å². The molecule has 1 rings (SSSR count). The lowest BCUT2D eigenvalue weighted by Gasteiger charge is -2.12. The zero-order chi connectivity index (χ0) is 15.7. The van der Waals surface area contributed by atoms with Crippen molar-refractivity contribution in [2.24, 2.45) is 5.92 Å². The van der Waals surface area contributed by atoms with Gasteiger partial charge in [0, 0.05) is 0 Å². The number of phenolic OH excluding ortho intramolecular Hbond substituents is 1. The smallest absolute Gasteiger partial charge is 0.121 e. The fraction of sp³-hybridized carbons (Fsp3) is 0.700. The van der Waals surface area contributed by atoms with Gasteiger partial charge >= 0.3 is 0 Å². The maximum Gasteiger partial charge on any atom is 0.121 e. The highest BCUT2D eigenvalue weighted by Crippen LogP contribution is 2.28. The first-order chi connectivity index (χ1) is 10.1. The standard InChI is InChI=1S/C20H34O/c1-5-7-12-17-14-18(6-2)20(21)19(15-17)13-10-8-9-11-16(3)4/h14-16,21H,5-13H2,1-4H3. The minimum absolute atomic E-state index is 0.557. The molecule has 0 saturated carbocycles. The van der Waals surface area contributed by atoms with Crippen molar-refractivity contribution in [3.63, 3.8) is 0 Å². The van der Waals surface area contributed by atoms with Crippen molar-refractivity contribution < 1.29 is 5.11 Å². The van der Waals surface area contributed by atoms with Crippen LogP contribution in [0.2, 0.25) is 0 Å². The van der Waals surface area contributed by atoms with E-state index in [9.17, 15) is 5.11 Å². The summed E-state index contributed by atoms with van der Waals surface area (Å²) in [6.07, 6.45) is 10.7. The molecule has 1 heteroatoms. The largest absolute Gasteiger partial charge is 0.507 e. The topological polar surface area (TPSA) is 20.2 Å². The lowest BCUT2D eigenvalue weighted by Crippen LogP contribution is -1.96. The second-order valence-electron chi connectivity index (χ2n) is 6.71. The Morgan fingerprint density at radius 1 is 0.905 bits per heavy atom. The van der Waals surface area contributed by atoms with Crippen molar-refractivity contribution in [3.8, 4) is 5.75 Å². The van der Waals surface area contributed by atoms with Crippen LogP contribution in [-0.4, -0.2) is 5.11 Å². The average molecular weight is 290 g/mol. The molecule has 0 atom stereocenters. The van der Waals surface area contributed by atoms with Crippen molar-refractivity contribution in [2.45, 2.75) is 85.5 Å². The Hall–Kier alpha value is -0.980. The van der Waals surface area contributed by atoms with Gasteiger partial charge in [0.25, 0.3) is 0 Å². The molecule has 1 aromatic rings. The third-order valence-electron chi connectivity index (χ3n) is 4.26. The van der Waals surface area contributed by atoms with Crippen molar-refractivity contribution in [2.75, 3.05) is 0 Å². The number of aryl methyl sites for hydroxylation is 3. The molecule has 0 aliphatic rings. The fourth-order valence-electron chi connectivity index (χ4n) is 2.86. The van der Waals surface area contributed by atoms with Gasteiger partial charge < -0.3 is 5.11 Å². The normalized spacial score (nSPS) is 11.3. The van der Waals surface area contributed by atoms with Gasteiger partial charge in [-0.05, 0) is 54.7 Å². The second kappa shape index (κ2) is 9.87. The van der Waals surface area contributed by atoms with Gasteiger partial charge in [0.2, 0.25) is 0 Å². The molecule has 120 valence electrons. The molecule has 0 spiro atoms. The summed E-state index contributed by atoms with van der Waals surface area (Å²) in [5, 5.41) is 10.4. The van der Waals surface area contributed by atoms with Gasteiger partial charge in [0.15, 0.2) is 0 Å². The summed E-state index contributed by atoms with van der Waals surface area (Å²) in [6, 6.07) is 4.44. The molecular weight excluding hydrogens is 256 g/mol. The first-order valence-electron chi connectivity index (χ1n) is 8.92. The van der Waals surface area contributed by atoms with Crippen LogP contribution in [0.3, 0.4) is 0 Å². The molecule has 0 amide bonds. The van der Waals surface area contributed by atoms with Crippen molar-refractivity contribution in [3.05, 3.63) is 28.8 Å². The summed E-state index contributed by atoms with van der Waals surface area (Å²) < 4.78 is 0. The lowest BCUT2D eigenvalue weighted by atomic mass is 9.95. The van der Waals surface area contributed by atoms with Crippen LogP contribution in [0, 0.1) is 5.92 Å². The van der Waals surface area contributed by atoms with E-state index in [1.807, 2.05) is 0 Å². The molecule has 21 heavy (non-hydrogen) atoms. The Kier molecular flexibility index (Phi) is 8.49. The van der Waals surface area contributed by atoms with Gasteiger partial charge in [-0.3, -0.25) is 0 Å². The van der Waals surface area contributed by atoms with Crippen molar-refractivity contribution in [1.29, 1.82) is 0 Å². The van der Waals surface area contributed by atoms with Crippen molar-refractivity contribution >= 4 is 0 Å². The summed E-state index contributed by atoms with van der Waals surface area (Å²) in [5.41, 5.74) is 3.70. The Morgan fingerprint density at radius 2 is 1.62 bits per heavy atom. The molecule has 0 heterocycles. The summed E-state index contributed by atoms with van der Waals surface area (Å²) in [6.45, 7) is 8.94. The third-order valence-corrected chi connectivity index (χ3v) is 4.26. The Balaban J connectivity index is 2.62. The highest BCUT2D eigenvalue weighted by Gasteiger charge is 2.09. The van der Waals surface area contributed by atoms with E-state index in [1.54, 1.807) is 0 Å². The Labute approximate surface area is 131 Å². The van der Waals surface area contributed by atoms with Crippen LogP contribution < -0.4 is 0 Å². The monoisotopic (exact) mass is 290 g/mol. The molecule has 0 bridgehead atoms. The van der Waals surface area contributed by atoms with E-state index < -0.39 is 0 Å². The van der Waals surface area contributed by atoms with E-state index in [4.69, 9.17) is 0 Å². The van der Waals surface area contributed by atoms with E-state index in [0.29, 0.717) is 5.75 Å². The highest BCUT2D eigenvalue weighted by molar-refractivity contribution is 5.44. The predicted molar refractivity (Wildman–Crippen MR) is 93.1 cm³/mol. The van der Waals surface area contributed by atoms with Crippen LogP contribution in [0.4, 0.5) is 0 Å². The van der Waals surface area contributed by atoms with Crippen molar-refractivity contribution in [1.82, 2.24) is 0 Å². The second-order valence-corrected chi connectivity index (χ2v) is 6.71. The summed E-state index contributed by atoms with van der Waals surface area (Å²) in [5.74, 6) is 1.36. The quantitative estimate of drug-likeness (QED) is 0.519. The van der Waals surface area contributed by atoms with E-state index in [1.165, 1.54) is 49.7 Å². The van der Waals surface area contributed by atoms with E-state index in [0.717, 1.165) is 30.7 Å². The Bertz CT molecular complexity index is 407. The molecule has 0 fully saturated rings. The number of unbranched alkanes of at least 4 members (excludes halogenated alkanes) is 3. The molecule has 1 N–H and O–H groups in total. The van der Waals surface area contributed by atoms with Gasteiger partial charge in [0.1, 0.15) is 5.75 Å². The van der Waals surface area contributed by atoms with Gasteiger partial charge in [-0.25, -0.2) is 0 Å². The van der Waals surface area contributed by atoms with Gasteiger partial charge in [-0.15, -0.1) is 0 Å². The zero-order valence-electron chi connectivity index (χ0n) is 14.5. The fourth-order valence-corrected chi connectivity index (χ4v) is 2.86. The molecule has 1 aromatic carbocycles. The number of aromatic hydroxyl groups is 1. The van der Waals surface area contributed by atoms with Crippen LogP contribution in [-0.2, 0) is 19.3 Å². The minimum atomic E-state index is 0.557. The highest BCUT2D eigenvalue weighted by atomic mass is 16.3. The number of benzene rings is 1. The molecule has 1 nitrogen and oxygen atoms in total. The molecular formula is C20H34O. The zero-order valence-corrected chi connectivity index (χ0v) is 14.5. The molecule has 0 saturated heterocycles.